The summed E-state index contributed by atoms with van der Waals surface area (Å²) in [4.78, 5) is 2.00. The van der Waals surface area contributed by atoms with Crippen molar-refractivity contribution in [1.82, 2.24) is 14.1 Å². The summed E-state index contributed by atoms with van der Waals surface area (Å²) in [6.07, 6.45) is 0. The van der Waals surface area contributed by atoms with E-state index in [1.807, 2.05) is 53.3 Å². The van der Waals surface area contributed by atoms with Crippen molar-refractivity contribution < 1.29 is 5.11 Å². The Labute approximate surface area is 145 Å². The highest BCUT2D eigenvalue weighted by molar-refractivity contribution is 5.79. The highest BCUT2D eigenvalue weighted by Gasteiger charge is 2.30. The first-order valence-corrected chi connectivity index (χ1v) is 8.48. The second kappa shape index (κ2) is 4.70. The quantitative estimate of drug-likeness (QED) is 0.521. The number of rotatable bonds is 3. The lowest BCUT2D eigenvalue weighted by molar-refractivity contribution is 0.450. The van der Waals surface area contributed by atoms with E-state index < -0.39 is 0 Å². The van der Waals surface area contributed by atoms with E-state index in [4.69, 9.17) is 0 Å². The maximum Gasteiger partial charge on any atom is 0.147 e. The van der Waals surface area contributed by atoms with Gasteiger partial charge in [0.1, 0.15) is 22.5 Å². The Hall–Kier alpha value is -3.14. The summed E-state index contributed by atoms with van der Waals surface area (Å²) in [5.41, 5.74) is 4.95. The molecular formula is C21H19N3O. The number of phenolic OH excluding ortho intramolecular Hbond substituents is 1. The molecule has 0 aliphatic rings. The van der Waals surface area contributed by atoms with Gasteiger partial charge in [-0.3, -0.25) is 0 Å². The number of benzene rings is 3. The Balaban J connectivity index is 1.66. The molecule has 2 heterocycles. The van der Waals surface area contributed by atoms with Crippen LogP contribution < -0.4 is 0 Å². The topological polar surface area (TPSA) is 34.0 Å². The fourth-order valence-electron chi connectivity index (χ4n) is 3.70. The van der Waals surface area contributed by atoms with Crippen LogP contribution in [0, 0.1) is 0 Å². The van der Waals surface area contributed by atoms with E-state index in [2.05, 4.69) is 47.4 Å². The number of aromatic hydroxyl groups is 1. The first kappa shape index (κ1) is 14.2. The molecule has 124 valence electrons. The van der Waals surface area contributed by atoms with Crippen molar-refractivity contribution in [1.29, 1.82) is 0 Å². The maximum atomic E-state index is 11.0. The molecule has 1 N–H and O–H groups in total. The van der Waals surface area contributed by atoms with Gasteiger partial charge in [-0.1, -0.05) is 68.4 Å². The van der Waals surface area contributed by atoms with E-state index in [9.17, 15) is 5.11 Å². The van der Waals surface area contributed by atoms with Crippen molar-refractivity contribution >= 4 is 11.0 Å². The van der Waals surface area contributed by atoms with E-state index in [0.717, 1.165) is 22.3 Å². The molecular weight excluding hydrogens is 310 g/mol. The third kappa shape index (κ3) is 1.82. The van der Waals surface area contributed by atoms with Crippen LogP contribution in [0.5, 0.6) is 5.75 Å². The second-order valence-corrected chi connectivity index (χ2v) is 7.02. The van der Waals surface area contributed by atoms with Crippen LogP contribution >= 0.6 is 0 Å². The third-order valence-corrected chi connectivity index (χ3v) is 5.22. The molecule has 4 heteroatoms. The Kier molecular flexibility index (Phi) is 2.67. The fraction of sp³-hybridized carbons (Fsp3) is 0.143. The number of nitrogens with zero attached hydrogens (tertiary/aromatic N) is 3. The van der Waals surface area contributed by atoms with Crippen LogP contribution in [-0.4, -0.2) is 19.2 Å². The van der Waals surface area contributed by atoms with Gasteiger partial charge in [-0.05, 0) is 23.8 Å². The summed E-state index contributed by atoms with van der Waals surface area (Å²) < 4.78 is 4.12. The van der Waals surface area contributed by atoms with Crippen molar-refractivity contribution in [3.8, 4) is 11.4 Å². The number of phenols is 1. The van der Waals surface area contributed by atoms with Gasteiger partial charge in [-0.2, -0.15) is 0 Å². The third-order valence-electron chi connectivity index (χ3n) is 5.22. The van der Waals surface area contributed by atoms with Gasteiger partial charge in [-0.15, -0.1) is 14.1 Å². The highest BCUT2D eigenvalue weighted by Crippen LogP contribution is 2.40. The zero-order chi connectivity index (χ0) is 17.2. The van der Waals surface area contributed by atoms with Crippen molar-refractivity contribution in [2.45, 2.75) is 19.3 Å². The molecule has 0 spiro atoms. The minimum Gasteiger partial charge on any atom is -0.505 e. The molecule has 5 aromatic rings. The molecule has 5 rings (SSSR count). The predicted octanol–water partition coefficient (Wildman–Crippen LogP) is 4.45. The average Bonchev–Trinajstić information content (AvgIpc) is 3.29. The summed E-state index contributed by atoms with van der Waals surface area (Å²) >= 11 is 0. The molecule has 0 amide bonds. The first-order chi connectivity index (χ1) is 12.1. The summed E-state index contributed by atoms with van der Waals surface area (Å²) in [7, 11) is 0. The monoisotopic (exact) mass is 329 g/mol. The first-order valence-electron chi connectivity index (χ1n) is 8.48. The molecule has 0 aliphatic heterocycles. The van der Waals surface area contributed by atoms with E-state index in [0.29, 0.717) is 5.75 Å². The van der Waals surface area contributed by atoms with Crippen molar-refractivity contribution in [3.63, 3.8) is 0 Å². The average molecular weight is 329 g/mol. The zero-order valence-corrected chi connectivity index (χ0v) is 14.2. The minimum absolute atomic E-state index is 0.284. The van der Waals surface area contributed by atoms with E-state index in [1.54, 1.807) is 0 Å². The molecule has 0 saturated carbocycles. The van der Waals surface area contributed by atoms with Gasteiger partial charge < -0.3 is 5.11 Å². The van der Waals surface area contributed by atoms with Gasteiger partial charge in [0.15, 0.2) is 0 Å². The smallest absolute Gasteiger partial charge is 0.147 e. The molecule has 0 saturated heterocycles. The van der Waals surface area contributed by atoms with Crippen LogP contribution in [0.2, 0.25) is 0 Å². The predicted molar refractivity (Wildman–Crippen MR) is 99.1 cm³/mol. The van der Waals surface area contributed by atoms with E-state index in [1.165, 1.54) is 5.56 Å². The van der Waals surface area contributed by atoms with Crippen LogP contribution in [0.4, 0.5) is 0 Å². The summed E-state index contributed by atoms with van der Waals surface area (Å²) in [6.45, 7) is 4.29. The van der Waals surface area contributed by atoms with Crippen molar-refractivity contribution in [2.75, 3.05) is 0 Å². The fourth-order valence-corrected chi connectivity index (χ4v) is 3.70. The second-order valence-electron chi connectivity index (χ2n) is 7.02. The van der Waals surface area contributed by atoms with E-state index >= 15 is 0 Å². The Bertz CT molecular complexity index is 1130. The molecule has 0 bridgehead atoms. The number of aromatic nitrogens is 3. The summed E-state index contributed by atoms with van der Waals surface area (Å²) in [5.74, 6) is 0.330. The van der Waals surface area contributed by atoms with Gasteiger partial charge in [0.05, 0.1) is 0 Å². The Morgan fingerprint density at radius 1 is 0.720 bits per heavy atom. The van der Waals surface area contributed by atoms with Gasteiger partial charge in [-0.25, -0.2) is 0 Å². The highest BCUT2D eigenvalue weighted by atomic mass is 16.3. The molecule has 0 aliphatic carbocycles. The van der Waals surface area contributed by atoms with E-state index in [-0.39, 0.29) is 5.41 Å². The van der Waals surface area contributed by atoms with Crippen LogP contribution in [0.15, 0.2) is 72.8 Å². The standard InChI is InChI=1S/C21H19N3O/c1-21(2,15-9-4-3-5-10-15)16-11-8-14-19(20(16)25)24-22-17-12-6-7-13-18(17)23(22)24/h3-14,25H,1-2H3. The Morgan fingerprint density at radius 3 is 1.96 bits per heavy atom. The van der Waals surface area contributed by atoms with Gasteiger partial charge in [0.2, 0.25) is 0 Å². The van der Waals surface area contributed by atoms with Crippen molar-refractivity contribution in [2.24, 2.45) is 0 Å². The number of hydrogen-bond acceptors (Lipinski definition) is 1. The molecule has 4 nitrogen and oxygen atoms in total. The van der Waals surface area contributed by atoms with Crippen LogP contribution in [0.25, 0.3) is 16.7 Å². The zero-order valence-electron chi connectivity index (χ0n) is 14.2. The number of fused-ring (bicyclic) bond motifs is 4. The molecule has 0 radical (unpaired) electrons. The molecule has 3 aromatic carbocycles. The molecule has 2 aromatic heterocycles. The number of hydrogen-bond donors (Lipinski definition) is 1. The van der Waals surface area contributed by atoms with Crippen LogP contribution in [-0.2, 0) is 5.41 Å². The normalized spacial score (nSPS) is 12.6. The molecule has 0 fully saturated rings. The lowest BCUT2D eigenvalue weighted by atomic mass is 9.77. The van der Waals surface area contributed by atoms with Crippen molar-refractivity contribution in [3.05, 3.63) is 83.9 Å². The van der Waals surface area contributed by atoms with Gasteiger partial charge in [0, 0.05) is 11.0 Å². The molecule has 0 unspecified atom stereocenters. The molecule has 0 atom stereocenters. The van der Waals surface area contributed by atoms with Crippen LogP contribution in [0.1, 0.15) is 25.0 Å². The molecule has 25 heavy (non-hydrogen) atoms. The maximum absolute atomic E-state index is 11.0. The largest absolute Gasteiger partial charge is 0.505 e. The minimum atomic E-state index is -0.284. The van der Waals surface area contributed by atoms with Gasteiger partial charge in [0.25, 0.3) is 0 Å². The lowest BCUT2D eigenvalue weighted by Crippen LogP contribution is -2.19. The SMILES string of the molecule is CC(C)(c1ccccc1)c1cccc(-n2n3c4ccccc4n23)c1O. The summed E-state index contributed by atoms with van der Waals surface area (Å²) in [6, 6.07) is 24.5. The van der Waals surface area contributed by atoms with Gasteiger partial charge >= 0.3 is 0 Å². The van der Waals surface area contributed by atoms with Crippen LogP contribution in [0.3, 0.4) is 0 Å². The lowest BCUT2D eigenvalue weighted by Gasteiger charge is -2.27. The summed E-state index contributed by atoms with van der Waals surface area (Å²) in [5, 5.41) is 11.0. The Morgan fingerprint density at radius 2 is 1.32 bits per heavy atom. The number of para-hydroxylation sites is 3.